The van der Waals surface area contributed by atoms with Gasteiger partial charge in [0, 0.05) is 10.9 Å². The van der Waals surface area contributed by atoms with Crippen molar-refractivity contribution in [3.8, 4) is 5.75 Å². The minimum atomic E-state index is 0.143. The zero-order valence-electron chi connectivity index (χ0n) is 15.3. The maximum absolute atomic E-state index is 6.11. The lowest BCUT2D eigenvalue weighted by Crippen LogP contribution is -2.21. The van der Waals surface area contributed by atoms with Gasteiger partial charge in [-0.1, -0.05) is 69.6 Å². The number of hydrogen-bond donors (Lipinski definition) is 0. The molecule has 0 radical (unpaired) electrons. The fourth-order valence-electron chi connectivity index (χ4n) is 2.38. The van der Waals surface area contributed by atoms with E-state index in [2.05, 4.69) is 75.7 Å². The van der Waals surface area contributed by atoms with Gasteiger partial charge in [-0.25, -0.2) is 0 Å². The predicted molar refractivity (Wildman–Crippen MR) is 102 cm³/mol. The Morgan fingerprint density at radius 2 is 1.59 bits per heavy atom. The highest BCUT2D eigenvalue weighted by Crippen LogP contribution is 2.38. The van der Waals surface area contributed by atoms with Gasteiger partial charge in [-0.15, -0.1) is 0 Å². The van der Waals surface area contributed by atoms with Crippen LogP contribution in [0.1, 0.15) is 78.4 Å². The van der Waals surface area contributed by atoms with Crippen molar-refractivity contribution in [1.29, 1.82) is 0 Å². The molecule has 0 amide bonds. The topological polar surface area (TPSA) is 9.23 Å². The SMILES string of the molecule is CCC(C)(C)c1ccc(OCCCCBr)c(C(C)(C)CC)c1. The fraction of sp³-hybridized carbons (Fsp3) is 0.700. The molecule has 0 spiro atoms. The van der Waals surface area contributed by atoms with Gasteiger partial charge in [0.25, 0.3) is 0 Å². The van der Waals surface area contributed by atoms with E-state index in [1.54, 1.807) is 0 Å². The molecular weight excluding hydrogens is 336 g/mol. The molecule has 0 heterocycles. The van der Waals surface area contributed by atoms with E-state index in [1.807, 2.05) is 0 Å². The largest absolute Gasteiger partial charge is 0.493 e. The smallest absolute Gasteiger partial charge is 0.123 e. The van der Waals surface area contributed by atoms with Crippen molar-refractivity contribution in [2.75, 3.05) is 11.9 Å². The maximum atomic E-state index is 6.11. The number of unbranched alkanes of at least 4 members (excludes halogenated alkanes) is 1. The molecule has 126 valence electrons. The molecule has 0 unspecified atom stereocenters. The minimum Gasteiger partial charge on any atom is -0.493 e. The lowest BCUT2D eigenvalue weighted by molar-refractivity contribution is 0.299. The molecule has 1 aromatic rings. The number of hydrogen-bond acceptors (Lipinski definition) is 1. The number of halogens is 1. The van der Waals surface area contributed by atoms with E-state index in [1.165, 1.54) is 11.1 Å². The summed E-state index contributed by atoms with van der Waals surface area (Å²) < 4.78 is 6.11. The second-order valence-electron chi connectivity index (χ2n) is 7.43. The molecule has 1 nitrogen and oxygen atoms in total. The Morgan fingerprint density at radius 1 is 0.955 bits per heavy atom. The molecule has 0 bridgehead atoms. The first-order valence-electron chi connectivity index (χ1n) is 8.62. The van der Waals surface area contributed by atoms with Crippen LogP contribution in [0.5, 0.6) is 5.75 Å². The molecule has 0 aromatic heterocycles. The van der Waals surface area contributed by atoms with Crippen LogP contribution >= 0.6 is 15.9 Å². The second kappa shape index (κ2) is 8.38. The molecule has 2 heteroatoms. The van der Waals surface area contributed by atoms with Crippen LogP contribution in [-0.4, -0.2) is 11.9 Å². The molecule has 0 atom stereocenters. The Hall–Kier alpha value is -0.500. The Morgan fingerprint density at radius 3 is 2.14 bits per heavy atom. The van der Waals surface area contributed by atoms with E-state index in [-0.39, 0.29) is 10.8 Å². The summed E-state index contributed by atoms with van der Waals surface area (Å²) in [6.07, 6.45) is 4.51. The third-order valence-corrected chi connectivity index (χ3v) is 5.60. The summed E-state index contributed by atoms with van der Waals surface area (Å²) >= 11 is 3.48. The average Bonchev–Trinajstić information content (AvgIpc) is 2.51. The number of rotatable bonds is 9. The van der Waals surface area contributed by atoms with E-state index in [0.717, 1.165) is 43.4 Å². The average molecular weight is 369 g/mol. The van der Waals surface area contributed by atoms with E-state index in [0.29, 0.717) is 0 Å². The zero-order valence-corrected chi connectivity index (χ0v) is 16.8. The fourth-order valence-corrected chi connectivity index (χ4v) is 2.78. The normalized spacial score (nSPS) is 12.5. The predicted octanol–water partition coefficient (Wildman–Crippen LogP) is 6.62. The van der Waals surface area contributed by atoms with E-state index >= 15 is 0 Å². The lowest BCUT2D eigenvalue weighted by Gasteiger charge is -2.30. The van der Waals surface area contributed by atoms with Crippen LogP contribution in [0.2, 0.25) is 0 Å². The summed E-state index contributed by atoms with van der Waals surface area (Å²) in [4.78, 5) is 0. The number of benzene rings is 1. The molecule has 22 heavy (non-hydrogen) atoms. The van der Waals surface area contributed by atoms with Crippen LogP contribution < -0.4 is 4.74 Å². The maximum Gasteiger partial charge on any atom is 0.123 e. The van der Waals surface area contributed by atoms with Crippen molar-refractivity contribution >= 4 is 15.9 Å². The zero-order chi connectivity index (χ0) is 16.8. The van der Waals surface area contributed by atoms with Gasteiger partial charge in [0.15, 0.2) is 0 Å². The van der Waals surface area contributed by atoms with Gasteiger partial charge in [-0.05, 0) is 48.1 Å². The Bertz CT molecular complexity index is 463. The molecule has 0 saturated carbocycles. The van der Waals surface area contributed by atoms with E-state index < -0.39 is 0 Å². The molecule has 0 aliphatic heterocycles. The molecule has 0 saturated heterocycles. The monoisotopic (exact) mass is 368 g/mol. The van der Waals surface area contributed by atoms with Crippen molar-refractivity contribution in [1.82, 2.24) is 0 Å². The van der Waals surface area contributed by atoms with Crippen LogP contribution in [0.3, 0.4) is 0 Å². The summed E-state index contributed by atoms with van der Waals surface area (Å²) in [5.41, 5.74) is 3.13. The third kappa shape index (κ3) is 5.01. The molecule has 0 aliphatic rings. The van der Waals surface area contributed by atoms with E-state index in [9.17, 15) is 0 Å². The summed E-state index contributed by atoms with van der Waals surface area (Å²) in [7, 11) is 0. The Labute approximate surface area is 146 Å². The Kier molecular flexibility index (Phi) is 7.45. The van der Waals surface area contributed by atoms with Crippen molar-refractivity contribution in [2.45, 2.75) is 78.1 Å². The standard InChI is InChI=1S/C20H33BrO/c1-7-19(3,4)16-11-12-18(22-14-10-9-13-21)17(15-16)20(5,6)8-2/h11-12,15H,7-10,13-14H2,1-6H3. The number of alkyl halides is 1. The van der Waals surface area contributed by atoms with Crippen LogP contribution in [0, 0.1) is 0 Å². The second-order valence-corrected chi connectivity index (χ2v) is 8.22. The van der Waals surface area contributed by atoms with Gasteiger partial charge in [0.2, 0.25) is 0 Å². The number of ether oxygens (including phenoxy) is 1. The van der Waals surface area contributed by atoms with Crippen LogP contribution in [0.4, 0.5) is 0 Å². The third-order valence-electron chi connectivity index (χ3n) is 5.04. The van der Waals surface area contributed by atoms with Gasteiger partial charge in [-0.3, -0.25) is 0 Å². The van der Waals surface area contributed by atoms with Crippen molar-refractivity contribution in [3.63, 3.8) is 0 Å². The first-order valence-corrected chi connectivity index (χ1v) is 9.74. The van der Waals surface area contributed by atoms with Gasteiger partial charge in [0.05, 0.1) is 6.61 Å². The molecule has 0 fully saturated rings. The summed E-state index contributed by atoms with van der Waals surface area (Å²) in [5, 5.41) is 1.05. The van der Waals surface area contributed by atoms with Crippen LogP contribution in [0.25, 0.3) is 0 Å². The van der Waals surface area contributed by atoms with Crippen molar-refractivity contribution < 1.29 is 4.74 Å². The molecular formula is C20H33BrO. The van der Waals surface area contributed by atoms with Gasteiger partial charge in [-0.2, -0.15) is 0 Å². The summed E-state index contributed by atoms with van der Waals surface area (Å²) in [6, 6.07) is 6.82. The van der Waals surface area contributed by atoms with Gasteiger partial charge in [0.1, 0.15) is 5.75 Å². The first-order chi connectivity index (χ1) is 10.3. The lowest BCUT2D eigenvalue weighted by atomic mass is 9.76. The van der Waals surface area contributed by atoms with Crippen molar-refractivity contribution in [3.05, 3.63) is 29.3 Å². The van der Waals surface area contributed by atoms with Gasteiger partial charge < -0.3 is 4.74 Å². The molecule has 1 aromatic carbocycles. The van der Waals surface area contributed by atoms with Gasteiger partial charge >= 0.3 is 0 Å². The first kappa shape index (κ1) is 19.5. The van der Waals surface area contributed by atoms with E-state index in [4.69, 9.17) is 4.74 Å². The van der Waals surface area contributed by atoms with Crippen LogP contribution in [-0.2, 0) is 10.8 Å². The highest BCUT2D eigenvalue weighted by atomic mass is 79.9. The van der Waals surface area contributed by atoms with Crippen molar-refractivity contribution in [2.24, 2.45) is 0 Å². The minimum absolute atomic E-state index is 0.143. The quantitative estimate of drug-likeness (QED) is 0.351. The Balaban J connectivity index is 3.11. The highest BCUT2D eigenvalue weighted by Gasteiger charge is 2.26. The molecule has 0 aliphatic carbocycles. The summed E-state index contributed by atoms with van der Waals surface area (Å²) in [5.74, 6) is 1.07. The molecule has 0 N–H and O–H groups in total. The molecule has 1 rings (SSSR count). The summed E-state index contributed by atoms with van der Waals surface area (Å²) in [6.45, 7) is 14.6. The van der Waals surface area contributed by atoms with Crippen LogP contribution in [0.15, 0.2) is 18.2 Å². The highest BCUT2D eigenvalue weighted by molar-refractivity contribution is 9.09.